The van der Waals surface area contributed by atoms with Crippen LogP contribution in [-0.4, -0.2) is 19.6 Å². The minimum Gasteiger partial charge on any atom is -0.367 e. The highest BCUT2D eigenvalue weighted by Gasteiger charge is 2.15. The molecule has 0 aromatic carbocycles. The lowest BCUT2D eigenvalue weighted by molar-refractivity contribution is 0.151. The van der Waals surface area contributed by atoms with E-state index in [2.05, 4.69) is 15.1 Å². The van der Waals surface area contributed by atoms with E-state index in [0.717, 1.165) is 6.20 Å². The van der Waals surface area contributed by atoms with Gasteiger partial charge in [-0.15, -0.1) is 5.10 Å². The van der Waals surface area contributed by atoms with Crippen molar-refractivity contribution in [1.29, 1.82) is 0 Å². The van der Waals surface area contributed by atoms with Gasteiger partial charge in [-0.25, -0.2) is 22.7 Å². The molecule has 8 heteroatoms. The molecule has 0 bridgehead atoms. The maximum Gasteiger partial charge on any atom is 0.265 e. The van der Waals surface area contributed by atoms with Gasteiger partial charge in [-0.3, -0.25) is 4.98 Å². The van der Waals surface area contributed by atoms with Gasteiger partial charge in [0.05, 0.1) is 11.9 Å². The molecule has 0 saturated heterocycles. The van der Waals surface area contributed by atoms with Crippen molar-refractivity contribution in [2.24, 2.45) is 0 Å². The van der Waals surface area contributed by atoms with Crippen LogP contribution < -0.4 is 5.73 Å². The maximum atomic E-state index is 13.8. The minimum absolute atomic E-state index is 0.0488. The zero-order valence-electron chi connectivity index (χ0n) is 9.96. The second-order valence-corrected chi connectivity index (χ2v) is 4.10. The lowest BCUT2D eigenvalue weighted by Gasteiger charge is -2.04. The van der Waals surface area contributed by atoms with Crippen LogP contribution in [0, 0.1) is 5.82 Å². The molecule has 5 nitrogen and oxygen atoms in total. The molecule has 0 aliphatic rings. The van der Waals surface area contributed by atoms with E-state index < -0.39 is 12.2 Å². The van der Waals surface area contributed by atoms with E-state index in [1.54, 1.807) is 0 Å². The Balaban J connectivity index is 2.24. The molecule has 2 N–H and O–H groups in total. The molecule has 0 unspecified atom stereocenters. The van der Waals surface area contributed by atoms with Gasteiger partial charge in [0.25, 0.3) is 6.43 Å². The summed E-state index contributed by atoms with van der Waals surface area (Å²) in [6.45, 7) is 0. The number of aromatic nitrogens is 4. The van der Waals surface area contributed by atoms with Crippen molar-refractivity contribution in [1.82, 2.24) is 19.6 Å². The van der Waals surface area contributed by atoms with Crippen molar-refractivity contribution >= 4 is 11.5 Å². The van der Waals surface area contributed by atoms with Gasteiger partial charge in [-0.1, -0.05) is 0 Å². The molecule has 0 atom stereocenters. The molecule has 0 amide bonds. The second-order valence-electron chi connectivity index (χ2n) is 4.10. The first-order valence-electron chi connectivity index (χ1n) is 5.59. The molecule has 102 valence electrons. The van der Waals surface area contributed by atoms with Crippen LogP contribution in [0.4, 0.5) is 19.1 Å². The molecule has 3 rings (SSSR count). The fourth-order valence-electron chi connectivity index (χ4n) is 1.89. The van der Waals surface area contributed by atoms with Crippen molar-refractivity contribution in [3.63, 3.8) is 0 Å². The van der Waals surface area contributed by atoms with Crippen LogP contribution in [-0.2, 0) is 0 Å². The van der Waals surface area contributed by atoms with Gasteiger partial charge in [0.15, 0.2) is 5.82 Å². The van der Waals surface area contributed by atoms with Crippen molar-refractivity contribution < 1.29 is 13.2 Å². The Bertz CT molecular complexity index is 784. The fraction of sp³-hybridized carbons (Fsp3) is 0.0833. The van der Waals surface area contributed by atoms with E-state index in [-0.39, 0.29) is 22.7 Å². The largest absolute Gasteiger partial charge is 0.367 e. The highest BCUT2D eigenvalue weighted by molar-refractivity contribution is 5.67. The zero-order chi connectivity index (χ0) is 14.3. The highest BCUT2D eigenvalue weighted by atomic mass is 19.3. The second kappa shape index (κ2) is 4.48. The summed E-state index contributed by atoms with van der Waals surface area (Å²) < 4.78 is 40.3. The normalized spacial score (nSPS) is 11.4. The summed E-state index contributed by atoms with van der Waals surface area (Å²) in [5, 5.41) is 3.88. The Hall–Kier alpha value is -2.64. The van der Waals surface area contributed by atoms with Crippen molar-refractivity contribution in [2.45, 2.75) is 6.43 Å². The van der Waals surface area contributed by atoms with Crippen LogP contribution >= 0.6 is 0 Å². The summed E-state index contributed by atoms with van der Waals surface area (Å²) in [4.78, 5) is 7.42. The number of nitrogen functional groups attached to an aromatic ring is 1. The average molecular weight is 279 g/mol. The molecule has 0 radical (unpaired) electrons. The molecule has 0 spiro atoms. The first kappa shape index (κ1) is 12.4. The number of nitrogens with zero attached hydrogens (tertiary/aromatic N) is 4. The molecular weight excluding hydrogens is 271 g/mol. The number of pyridine rings is 1. The van der Waals surface area contributed by atoms with E-state index in [1.807, 2.05) is 0 Å². The molecule has 0 aliphatic heterocycles. The first-order chi connectivity index (χ1) is 9.56. The van der Waals surface area contributed by atoms with E-state index in [0.29, 0.717) is 5.56 Å². The molecule has 3 aromatic rings. The number of nitrogens with two attached hydrogens (primary N) is 1. The summed E-state index contributed by atoms with van der Waals surface area (Å²) in [6.07, 6.45) is 0.985. The maximum absolute atomic E-state index is 13.8. The number of fused-ring (bicyclic) bond motifs is 1. The van der Waals surface area contributed by atoms with Crippen LogP contribution in [0.5, 0.6) is 0 Å². The third-order valence-corrected chi connectivity index (χ3v) is 2.79. The standard InChI is InChI=1S/C12H8F3N5/c13-8-2-9(20-10(8)5-18-12(16)19-20)6-1-7(11(14)15)4-17-3-6/h1-5,11H,(H2,16,19). The quantitative estimate of drug-likeness (QED) is 0.782. The van der Waals surface area contributed by atoms with Crippen LogP contribution in [0.3, 0.4) is 0 Å². The molecule has 0 fully saturated rings. The fourth-order valence-corrected chi connectivity index (χ4v) is 1.89. The third kappa shape index (κ3) is 1.94. The lowest BCUT2D eigenvalue weighted by Crippen LogP contribution is -2.02. The summed E-state index contributed by atoms with van der Waals surface area (Å²) in [5.41, 5.74) is 5.91. The zero-order valence-corrected chi connectivity index (χ0v) is 9.96. The summed E-state index contributed by atoms with van der Waals surface area (Å²) >= 11 is 0. The molecule has 3 aromatic heterocycles. The SMILES string of the molecule is Nc1ncc2c(F)cc(-c3cncc(C(F)F)c3)n2n1. The Labute approximate surface area is 110 Å². The lowest BCUT2D eigenvalue weighted by atomic mass is 10.1. The molecule has 3 heterocycles. The van der Waals surface area contributed by atoms with Crippen LogP contribution in [0.25, 0.3) is 16.8 Å². The van der Waals surface area contributed by atoms with Gasteiger partial charge in [-0.05, 0) is 6.07 Å². The van der Waals surface area contributed by atoms with Gasteiger partial charge in [0, 0.05) is 29.6 Å². The minimum atomic E-state index is -2.65. The van der Waals surface area contributed by atoms with E-state index in [4.69, 9.17) is 5.73 Å². The Morgan fingerprint density at radius 3 is 2.70 bits per heavy atom. The van der Waals surface area contributed by atoms with Gasteiger partial charge in [0.1, 0.15) is 5.52 Å². The molecule has 0 saturated carbocycles. The topological polar surface area (TPSA) is 69.1 Å². The molecular formula is C12H8F3N5. The predicted octanol–water partition coefficient (Wildman–Crippen LogP) is 2.45. The van der Waals surface area contributed by atoms with Gasteiger partial charge in [-0.2, -0.15) is 0 Å². The number of rotatable bonds is 2. The van der Waals surface area contributed by atoms with E-state index in [1.165, 1.54) is 29.0 Å². The predicted molar refractivity (Wildman–Crippen MR) is 65.5 cm³/mol. The number of anilines is 1. The van der Waals surface area contributed by atoms with Gasteiger partial charge in [0.2, 0.25) is 5.95 Å². The van der Waals surface area contributed by atoms with Crippen LogP contribution in [0.1, 0.15) is 12.0 Å². The van der Waals surface area contributed by atoms with Gasteiger partial charge >= 0.3 is 0 Å². The van der Waals surface area contributed by atoms with Crippen molar-refractivity contribution in [3.8, 4) is 11.3 Å². The number of hydrogen-bond donors (Lipinski definition) is 1. The van der Waals surface area contributed by atoms with E-state index >= 15 is 0 Å². The average Bonchev–Trinajstić information content (AvgIpc) is 2.75. The monoisotopic (exact) mass is 279 g/mol. The number of hydrogen-bond acceptors (Lipinski definition) is 4. The van der Waals surface area contributed by atoms with Crippen LogP contribution in [0.2, 0.25) is 0 Å². The Kier molecular flexibility index (Phi) is 2.78. The third-order valence-electron chi connectivity index (χ3n) is 2.79. The van der Waals surface area contributed by atoms with Crippen molar-refractivity contribution in [2.75, 3.05) is 5.73 Å². The number of alkyl halides is 2. The first-order valence-corrected chi connectivity index (χ1v) is 5.59. The number of halogens is 3. The summed E-state index contributed by atoms with van der Waals surface area (Å²) in [7, 11) is 0. The Morgan fingerprint density at radius 2 is 1.95 bits per heavy atom. The van der Waals surface area contributed by atoms with Crippen LogP contribution in [0.15, 0.2) is 30.7 Å². The Morgan fingerprint density at radius 1 is 1.15 bits per heavy atom. The van der Waals surface area contributed by atoms with E-state index in [9.17, 15) is 13.2 Å². The summed E-state index contributed by atoms with van der Waals surface area (Å²) in [6, 6.07) is 2.41. The molecule has 0 aliphatic carbocycles. The molecule has 20 heavy (non-hydrogen) atoms. The van der Waals surface area contributed by atoms with Gasteiger partial charge < -0.3 is 5.73 Å². The summed E-state index contributed by atoms with van der Waals surface area (Å²) in [5.74, 6) is -0.616. The highest BCUT2D eigenvalue weighted by Crippen LogP contribution is 2.27. The van der Waals surface area contributed by atoms with Crippen molar-refractivity contribution in [3.05, 3.63) is 42.1 Å². The smallest absolute Gasteiger partial charge is 0.265 e.